The van der Waals surface area contributed by atoms with Crippen LogP contribution in [0.4, 0.5) is 4.39 Å². The highest BCUT2D eigenvalue weighted by atomic mass is 19.1. The van der Waals surface area contributed by atoms with Gasteiger partial charge in [0.25, 0.3) is 5.56 Å². The Morgan fingerprint density at radius 2 is 2.00 bits per heavy atom. The summed E-state index contributed by atoms with van der Waals surface area (Å²) in [6.07, 6.45) is 0. The third-order valence-corrected chi connectivity index (χ3v) is 3.04. The molecular formula is C15H11FN2O2. The highest BCUT2D eigenvalue weighted by Crippen LogP contribution is 2.23. The summed E-state index contributed by atoms with van der Waals surface area (Å²) >= 11 is 0. The Hall–Kier alpha value is -2.69. The maximum Gasteiger partial charge on any atom is 0.259 e. The van der Waals surface area contributed by atoms with Crippen molar-refractivity contribution in [3.05, 3.63) is 58.6 Å². The monoisotopic (exact) mass is 270 g/mol. The number of nitrogens with zero attached hydrogens (tertiary/aromatic N) is 1. The van der Waals surface area contributed by atoms with Crippen LogP contribution < -0.4 is 10.3 Å². The summed E-state index contributed by atoms with van der Waals surface area (Å²) in [6.45, 7) is 0. The molecular weight excluding hydrogens is 259 g/mol. The first-order valence-corrected chi connectivity index (χ1v) is 6.02. The average Bonchev–Trinajstić information content (AvgIpc) is 2.47. The lowest BCUT2D eigenvalue weighted by Gasteiger charge is -2.05. The third-order valence-electron chi connectivity index (χ3n) is 3.04. The molecule has 100 valence electrons. The van der Waals surface area contributed by atoms with Crippen LogP contribution in [-0.2, 0) is 0 Å². The lowest BCUT2D eigenvalue weighted by Crippen LogP contribution is -2.09. The molecule has 0 saturated heterocycles. The van der Waals surface area contributed by atoms with Crippen molar-refractivity contribution in [3.8, 4) is 17.1 Å². The van der Waals surface area contributed by atoms with Crippen molar-refractivity contribution in [3.63, 3.8) is 0 Å². The lowest BCUT2D eigenvalue weighted by atomic mass is 10.2. The Labute approximate surface area is 113 Å². The summed E-state index contributed by atoms with van der Waals surface area (Å²) in [6, 6.07) is 11.4. The number of nitrogens with one attached hydrogen (secondary N) is 1. The number of hydrogen-bond donors (Lipinski definition) is 1. The average molecular weight is 270 g/mol. The minimum atomic E-state index is -0.499. The minimum Gasteiger partial charge on any atom is -0.494 e. The number of hydrogen-bond acceptors (Lipinski definition) is 3. The summed E-state index contributed by atoms with van der Waals surface area (Å²) in [5, 5.41) is 0.505. The lowest BCUT2D eigenvalue weighted by molar-refractivity contribution is 0.386. The van der Waals surface area contributed by atoms with E-state index in [-0.39, 0.29) is 11.3 Å². The standard InChI is InChI=1S/C15H11FN2O2/c1-20-13-7-6-9(8-11(13)16)14-17-12-5-3-2-4-10(12)15(19)18-14/h2-8H,1H3,(H,17,18,19). The molecule has 4 nitrogen and oxygen atoms in total. The number of para-hydroxylation sites is 1. The van der Waals surface area contributed by atoms with Crippen LogP contribution in [0, 0.1) is 5.82 Å². The van der Waals surface area contributed by atoms with Crippen LogP contribution in [0.25, 0.3) is 22.3 Å². The van der Waals surface area contributed by atoms with Gasteiger partial charge in [-0.15, -0.1) is 0 Å². The zero-order valence-electron chi connectivity index (χ0n) is 10.7. The molecule has 1 heterocycles. The van der Waals surface area contributed by atoms with E-state index < -0.39 is 5.82 Å². The number of halogens is 1. The highest BCUT2D eigenvalue weighted by molar-refractivity contribution is 5.79. The Bertz CT molecular complexity index is 843. The van der Waals surface area contributed by atoms with Crippen molar-refractivity contribution in [2.45, 2.75) is 0 Å². The molecule has 0 bridgehead atoms. The van der Waals surface area contributed by atoms with Crippen molar-refractivity contribution in [2.75, 3.05) is 7.11 Å². The number of aromatic nitrogens is 2. The number of benzene rings is 2. The molecule has 0 spiro atoms. The smallest absolute Gasteiger partial charge is 0.259 e. The first-order valence-electron chi connectivity index (χ1n) is 6.02. The van der Waals surface area contributed by atoms with Crippen molar-refractivity contribution >= 4 is 10.9 Å². The van der Waals surface area contributed by atoms with Gasteiger partial charge in [0.2, 0.25) is 0 Å². The van der Waals surface area contributed by atoms with Crippen molar-refractivity contribution in [2.24, 2.45) is 0 Å². The molecule has 1 N–H and O–H groups in total. The van der Waals surface area contributed by atoms with E-state index in [4.69, 9.17) is 4.74 Å². The maximum atomic E-state index is 13.7. The van der Waals surface area contributed by atoms with Crippen LogP contribution >= 0.6 is 0 Å². The predicted octanol–water partition coefficient (Wildman–Crippen LogP) is 2.74. The number of H-pyrrole nitrogens is 1. The van der Waals surface area contributed by atoms with Gasteiger partial charge < -0.3 is 9.72 Å². The largest absolute Gasteiger partial charge is 0.494 e. The van der Waals surface area contributed by atoms with Crippen LogP contribution in [0.3, 0.4) is 0 Å². The normalized spacial score (nSPS) is 10.7. The number of methoxy groups -OCH3 is 1. The second kappa shape index (κ2) is 4.77. The van der Waals surface area contributed by atoms with Crippen LogP contribution in [-0.4, -0.2) is 17.1 Å². The zero-order chi connectivity index (χ0) is 14.1. The first kappa shape index (κ1) is 12.3. The molecule has 2 aromatic carbocycles. The molecule has 3 rings (SSSR count). The Balaban J connectivity index is 2.19. The first-order chi connectivity index (χ1) is 9.69. The summed E-state index contributed by atoms with van der Waals surface area (Å²) < 4.78 is 18.6. The van der Waals surface area contributed by atoms with E-state index in [0.29, 0.717) is 22.3 Å². The van der Waals surface area contributed by atoms with E-state index >= 15 is 0 Å². The Morgan fingerprint density at radius 3 is 2.75 bits per heavy atom. The van der Waals surface area contributed by atoms with Gasteiger partial charge in [-0.3, -0.25) is 4.79 Å². The second-order valence-corrected chi connectivity index (χ2v) is 4.28. The number of aromatic amines is 1. The summed E-state index contributed by atoms with van der Waals surface area (Å²) in [5.41, 5.74) is 0.815. The van der Waals surface area contributed by atoms with E-state index in [1.807, 2.05) is 0 Å². The summed E-state index contributed by atoms with van der Waals surface area (Å²) in [7, 11) is 1.40. The van der Waals surface area contributed by atoms with E-state index in [1.165, 1.54) is 19.2 Å². The molecule has 0 atom stereocenters. The predicted molar refractivity (Wildman–Crippen MR) is 74.3 cm³/mol. The van der Waals surface area contributed by atoms with Crippen molar-refractivity contribution in [1.82, 2.24) is 9.97 Å². The molecule has 3 aromatic rings. The second-order valence-electron chi connectivity index (χ2n) is 4.28. The van der Waals surface area contributed by atoms with E-state index in [1.54, 1.807) is 30.3 Å². The molecule has 0 radical (unpaired) electrons. The quantitative estimate of drug-likeness (QED) is 0.779. The van der Waals surface area contributed by atoms with Gasteiger partial charge in [-0.1, -0.05) is 12.1 Å². The minimum absolute atomic E-state index is 0.150. The van der Waals surface area contributed by atoms with E-state index in [2.05, 4.69) is 9.97 Å². The fourth-order valence-electron chi connectivity index (χ4n) is 2.04. The van der Waals surface area contributed by atoms with Crippen LogP contribution in [0.5, 0.6) is 5.75 Å². The van der Waals surface area contributed by atoms with Gasteiger partial charge in [0.05, 0.1) is 18.0 Å². The number of rotatable bonds is 2. The SMILES string of the molecule is COc1ccc(-c2nc3ccccc3c(=O)[nH]2)cc1F. The van der Waals surface area contributed by atoms with E-state index in [0.717, 1.165) is 0 Å². The Morgan fingerprint density at radius 1 is 1.20 bits per heavy atom. The van der Waals surface area contributed by atoms with Crippen molar-refractivity contribution < 1.29 is 9.13 Å². The molecule has 0 amide bonds. The molecule has 5 heteroatoms. The molecule has 20 heavy (non-hydrogen) atoms. The van der Waals surface area contributed by atoms with Gasteiger partial charge in [0, 0.05) is 5.56 Å². The summed E-state index contributed by atoms with van der Waals surface area (Å²) in [4.78, 5) is 19.0. The van der Waals surface area contributed by atoms with Crippen LogP contribution in [0.15, 0.2) is 47.3 Å². The van der Waals surface area contributed by atoms with Gasteiger partial charge in [0.15, 0.2) is 11.6 Å². The fraction of sp³-hybridized carbons (Fsp3) is 0.0667. The van der Waals surface area contributed by atoms with Crippen LogP contribution in [0.1, 0.15) is 0 Å². The molecule has 0 unspecified atom stereocenters. The zero-order valence-corrected chi connectivity index (χ0v) is 10.7. The Kier molecular flexibility index (Phi) is 2.95. The van der Waals surface area contributed by atoms with E-state index in [9.17, 15) is 9.18 Å². The maximum absolute atomic E-state index is 13.7. The van der Waals surface area contributed by atoms with Crippen LogP contribution in [0.2, 0.25) is 0 Å². The molecule has 0 aliphatic carbocycles. The fourth-order valence-corrected chi connectivity index (χ4v) is 2.04. The highest BCUT2D eigenvalue weighted by Gasteiger charge is 2.09. The van der Waals surface area contributed by atoms with Gasteiger partial charge in [0.1, 0.15) is 5.82 Å². The van der Waals surface area contributed by atoms with Gasteiger partial charge in [-0.2, -0.15) is 0 Å². The molecule has 0 saturated carbocycles. The topological polar surface area (TPSA) is 55.0 Å². The third kappa shape index (κ3) is 2.03. The van der Waals surface area contributed by atoms with Gasteiger partial charge >= 0.3 is 0 Å². The summed E-state index contributed by atoms with van der Waals surface area (Å²) in [5.74, 6) is -0.0204. The molecule has 0 aliphatic heterocycles. The number of fused-ring (bicyclic) bond motifs is 1. The van der Waals surface area contributed by atoms with Gasteiger partial charge in [-0.25, -0.2) is 9.37 Å². The molecule has 0 aliphatic rings. The molecule has 1 aromatic heterocycles. The number of ether oxygens (including phenoxy) is 1. The molecule has 0 fully saturated rings. The van der Waals surface area contributed by atoms with Gasteiger partial charge in [-0.05, 0) is 30.3 Å². The van der Waals surface area contributed by atoms with Crippen molar-refractivity contribution in [1.29, 1.82) is 0 Å².